The second-order valence-electron chi connectivity index (χ2n) is 4.23. The van der Waals surface area contributed by atoms with Crippen molar-refractivity contribution in [3.63, 3.8) is 0 Å². The molecule has 124 valence electrons. The molecule has 0 bridgehead atoms. The number of rotatable bonds is 4. The molecule has 0 radical (unpaired) electrons. The Hall–Kier alpha value is -1.91. The summed E-state index contributed by atoms with van der Waals surface area (Å²) in [6.07, 6.45) is -4.57. The van der Waals surface area contributed by atoms with Gasteiger partial charge in [-0.1, -0.05) is 0 Å². The molecule has 1 aromatic carbocycles. The van der Waals surface area contributed by atoms with Crippen molar-refractivity contribution in [3.05, 3.63) is 24.3 Å². The highest BCUT2D eigenvalue weighted by Crippen LogP contribution is 2.21. The highest BCUT2D eigenvalue weighted by molar-refractivity contribution is 7.91. The summed E-state index contributed by atoms with van der Waals surface area (Å²) in [6, 6.07) is 2.55. The first kappa shape index (κ1) is 18.1. The number of nitrogens with one attached hydrogen (secondary N) is 1. The fourth-order valence-electron chi connectivity index (χ4n) is 1.39. The summed E-state index contributed by atoms with van der Waals surface area (Å²) in [4.78, 5) is 11.2. The van der Waals surface area contributed by atoms with Crippen molar-refractivity contribution in [1.82, 2.24) is 4.90 Å². The van der Waals surface area contributed by atoms with Crippen LogP contribution in [0.15, 0.2) is 29.2 Å². The van der Waals surface area contributed by atoms with Crippen LogP contribution in [0.5, 0.6) is 0 Å². The normalized spacial score (nSPS) is 12.3. The number of amides is 2. The van der Waals surface area contributed by atoms with E-state index in [4.69, 9.17) is 0 Å². The summed E-state index contributed by atoms with van der Waals surface area (Å²) in [6.45, 7) is -1.48. The van der Waals surface area contributed by atoms with Gasteiger partial charge < -0.3 is 10.2 Å². The number of alkyl halides is 5. The van der Waals surface area contributed by atoms with Crippen molar-refractivity contribution in [2.24, 2.45) is 0 Å². The topological polar surface area (TPSA) is 66.5 Å². The Bertz CT molecular complexity index is 628. The first-order valence-electron chi connectivity index (χ1n) is 5.64. The predicted molar refractivity (Wildman–Crippen MR) is 67.3 cm³/mol. The first-order chi connectivity index (χ1) is 9.93. The maximum atomic E-state index is 12.3. The number of hydrogen-bond acceptors (Lipinski definition) is 3. The van der Waals surface area contributed by atoms with Crippen LogP contribution in [-0.4, -0.2) is 44.9 Å². The second-order valence-corrected chi connectivity index (χ2v) is 6.15. The third kappa shape index (κ3) is 4.83. The van der Waals surface area contributed by atoms with E-state index in [2.05, 4.69) is 5.32 Å². The Morgan fingerprint density at radius 3 is 2.14 bits per heavy atom. The van der Waals surface area contributed by atoms with Gasteiger partial charge in [-0.3, -0.25) is 0 Å². The molecule has 1 aromatic rings. The lowest BCUT2D eigenvalue weighted by atomic mass is 10.3. The smallest absolute Gasteiger partial charge is 0.318 e. The lowest BCUT2D eigenvalue weighted by Gasteiger charge is -2.19. The fourth-order valence-corrected chi connectivity index (χ4v) is 2.11. The Kier molecular flexibility index (Phi) is 5.33. The standard InChI is InChI=1S/C11H11F5N2O3S/c1-18(6-11(14,15)16)10(19)17-7-2-4-8(5-3-7)22(20,21)9(12)13/h2-5,9H,6H2,1H3,(H,17,19). The Labute approximate surface area is 122 Å². The number of carbonyl (C=O) groups is 1. The van der Waals surface area contributed by atoms with Crippen LogP contribution in [0.4, 0.5) is 32.4 Å². The summed E-state index contributed by atoms with van der Waals surface area (Å²) in [5, 5.41) is 2.08. The summed E-state index contributed by atoms with van der Waals surface area (Å²) in [5.74, 6) is -3.59. The highest BCUT2D eigenvalue weighted by Gasteiger charge is 2.31. The Morgan fingerprint density at radius 2 is 1.73 bits per heavy atom. The van der Waals surface area contributed by atoms with Gasteiger partial charge in [-0.25, -0.2) is 13.2 Å². The predicted octanol–water partition coefficient (Wildman–Crippen LogP) is 2.71. The molecule has 0 aliphatic carbocycles. The van der Waals surface area contributed by atoms with E-state index >= 15 is 0 Å². The Balaban J connectivity index is 2.79. The molecule has 1 rings (SSSR count). The third-order valence-corrected chi connectivity index (χ3v) is 3.83. The highest BCUT2D eigenvalue weighted by atomic mass is 32.2. The van der Waals surface area contributed by atoms with Gasteiger partial charge in [0.15, 0.2) is 0 Å². The van der Waals surface area contributed by atoms with Crippen molar-refractivity contribution in [2.75, 3.05) is 18.9 Å². The first-order valence-corrected chi connectivity index (χ1v) is 7.19. The molecule has 0 atom stereocenters. The molecule has 22 heavy (non-hydrogen) atoms. The molecule has 0 saturated heterocycles. The van der Waals surface area contributed by atoms with Gasteiger partial charge in [-0.2, -0.15) is 22.0 Å². The van der Waals surface area contributed by atoms with Gasteiger partial charge in [0.1, 0.15) is 6.54 Å². The van der Waals surface area contributed by atoms with Crippen molar-refractivity contribution in [1.29, 1.82) is 0 Å². The van der Waals surface area contributed by atoms with Crippen LogP contribution in [0.2, 0.25) is 0 Å². The number of anilines is 1. The van der Waals surface area contributed by atoms with Gasteiger partial charge in [0.25, 0.3) is 0 Å². The molecule has 0 heterocycles. The van der Waals surface area contributed by atoms with E-state index in [1.165, 1.54) is 0 Å². The average molecular weight is 346 g/mol. The monoisotopic (exact) mass is 346 g/mol. The van der Waals surface area contributed by atoms with Gasteiger partial charge in [-0.05, 0) is 24.3 Å². The minimum atomic E-state index is -4.77. The number of sulfone groups is 1. The van der Waals surface area contributed by atoms with Crippen LogP contribution in [0.3, 0.4) is 0 Å². The SMILES string of the molecule is CN(CC(F)(F)F)C(=O)Nc1ccc(S(=O)(=O)C(F)F)cc1. The summed E-state index contributed by atoms with van der Waals surface area (Å²) in [7, 11) is -3.85. The summed E-state index contributed by atoms with van der Waals surface area (Å²) >= 11 is 0. The van der Waals surface area contributed by atoms with E-state index in [1.807, 2.05) is 0 Å². The largest absolute Gasteiger partial charge is 0.406 e. The zero-order chi connectivity index (χ0) is 17.1. The van der Waals surface area contributed by atoms with Crippen LogP contribution in [-0.2, 0) is 9.84 Å². The number of carbonyl (C=O) groups excluding carboxylic acids is 1. The molecule has 0 unspecified atom stereocenters. The molecular weight excluding hydrogens is 335 g/mol. The van der Waals surface area contributed by atoms with Gasteiger partial charge in [0.2, 0.25) is 9.84 Å². The average Bonchev–Trinajstić information content (AvgIpc) is 2.37. The van der Waals surface area contributed by atoms with Gasteiger partial charge in [0, 0.05) is 12.7 Å². The maximum Gasteiger partial charge on any atom is 0.406 e. The molecule has 1 N–H and O–H groups in total. The molecule has 0 fully saturated rings. The van der Waals surface area contributed by atoms with Crippen LogP contribution >= 0.6 is 0 Å². The summed E-state index contributed by atoms with van der Waals surface area (Å²) < 4.78 is 83.2. The number of nitrogens with zero attached hydrogens (tertiary/aromatic N) is 1. The van der Waals surface area contributed by atoms with E-state index in [1.54, 1.807) is 0 Å². The number of benzene rings is 1. The maximum absolute atomic E-state index is 12.3. The van der Waals surface area contributed by atoms with Crippen molar-refractivity contribution >= 4 is 21.6 Å². The van der Waals surface area contributed by atoms with E-state index in [-0.39, 0.29) is 5.69 Å². The second kappa shape index (κ2) is 6.46. The van der Waals surface area contributed by atoms with Gasteiger partial charge in [0.05, 0.1) is 4.90 Å². The molecule has 0 saturated carbocycles. The van der Waals surface area contributed by atoms with Gasteiger partial charge >= 0.3 is 18.0 Å². The number of hydrogen-bond donors (Lipinski definition) is 1. The van der Waals surface area contributed by atoms with E-state index < -0.39 is 39.2 Å². The minimum Gasteiger partial charge on any atom is -0.318 e. The summed E-state index contributed by atoms with van der Waals surface area (Å²) in [5.41, 5.74) is -0.0350. The van der Waals surface area contributed by atoms with E-state index in [9.17, 15) is 35.2 Å². The van der Waals surface area contributed by atoms with Crippen molar-refractivity contribution < 1.29 is 35.2 Å². The van der Waals surface area contributed by atoms with Crippen LogP contribution in [0.25, 0.3) is 0 Å². The fraction of sp³-hybridized carbons (Fsp3) is 0.364. The Morgan fingerprint density at radius 1 is 1.23 bits per heavy atom. The number of urea groups is 1. The van der Waals surface area contributed by atoms with Gasteiger partial charge in [-0.15, -0.1) is 0 Å². The van der Waals surface area contributed by atoms with Crippen LogP contribution in [0.1, 0.15) is 0 Å². The molecule has 0 aromatic heterocycles. The molecule has 0 aliphatic heterocycles. The molecule has 2 amide bonds. The molecule has 0 spiro atoms. The zero-order valence-corrected chi connectivity index (χ0v) is 11.9. The molecule has 11 heteroatoms. The van der Waals surface area contributed by atoms with Crippen LogP contribution in [0, 0.1) is 0 Å². The number of halogens is 5. The lowest BCUT2D eigenvalue weighted by Crippen LogP contribution is -2.38. The van der Waals surface area contributed by atoms with E-state index in [0.717, 1.165) is 31.3 Å². The molecule has 5 nitrogen and oxygen atoms in total. The molecule has 0 aliphatic rings. The van der Waals surface area contributed by atoms with E-state index in [0.29, 0.717) is 4.90 Å². The zero-order valence-electron chi connectivity index (χ0n) is 11.1. The third-order valence-electron chi connectivity index (χ3n) is 2.43. The minimum absolute atomic E-state index is 0.0350. The lowest BCUT2D eigenvalue weighted by molar-refractivity contribution is -0.137. The molecular formula is C11H11F5N2O3S. The quantitative estimate of drug-likeness (QED) is 0.853. The van der Waals surface area contributed by atoms with Crippen molar-refractivity contribution in [2.45, 2.75) is 16.8 Å². The van der Waals surface area contributed by atoms with Crippen LogP contribution < -0.4 is 5.32 Å². The van der Waals surface area contributed by atoms with Crippen molar-refractivity contribution in [3.8, 4) is 0 Å².